The van der Waals surface area contributed by atoms with Gasteiger partial charge >= 0.3 is 0 Å². The van der Waals surface area contributed by atoms with Crippen LogP contribution in [0.15, 0.2) is 58.1 Å². The average molecular weight is 396 g/mol. The number of aryl methyl sites for hydroxylation is 1. The van der Waals surface area contributed by atoms with Gasteiger partial charge in [-0.1, -0.05) is 41.6 Å². The molecule has 0 fully saturated rings. The predicted molar refractivity (Wildman–Crippen MR) is 104 cm³/mol. The number of aromatic nitrogens is 5. The standard InChI is InChI=1S/C19H17FN6OS/c1-11-3-5-13(6-4-11)16-22-25-19(26(16)21)28-12(2)17-23-24-18(27-17)14-7-9-15(20)10-8-14/h3-10,12H,21H2,1-2H3/t12-/m1/s1. The summed E-state index contributed by atoms with van der Waals surface area (Å²) in [4.78, 5) is 0. The van der Waals surface area contributed by atoms with Gasteiger partial charge in [0.1, 0.15) is 5.82 Å². The molecule has 0 bridgehead atoms. The molecule has 0 aliphatic heterocycles. The normalized spacial score (nSPS) is 12.2. The lowest BCUT2D eigenvalue weighted by Crippen LogP contribution is -2.12. The summed E-state index contributed by atoms with van der Waals surface area (Å²) in [5.41, 5.74) is 2.70. The van der Waals surface area contributed by atoms with Crippen molar-refractivity contribution in [3.63, 3.8) is 0 Å². The molecular weight excluding hydrogens is 379 g/mol. The maximum Gasteiger partial charge on any atom is 0.247 e. The molecule has 0 saturated heterocycles. The van der Waals surface area contributed by atoms with E-state index in [1.54, 1.807) is 12.1 Å². The molecule has 0 spiro atoms. The van der Waals surface area contributed by atoms with Crippen LogP contribution in [0, 0.1) is 12.7 Å². The summed E-state index contributed by atoms with van der Waals surface area (Å²) in [6.45, 7) is 3.93. The second-order valence-electron chi connectivity index (χ2n) is 6.25. The molecule has 4 rings (SSSR count). The number of hydrogen-bond acceptors (Lipinski definition) is 7. The molecule has 1 atom stereocenters. The fourth-order valence-corrected chi connectivity index (χ4v) is 3.37. The van der Waals surface area contributed by atoms with Gasteiger partial charge in [0.2, 0.25) is 16.9 Å². The van der Waals surface area contributed by atoms with Gasteiger partial charge in [-0.15, -0.1) is 20.4 Å². The van der Waals surface area contributed by atoms with Crippen LogP contribution in [0.4, 0.5) is 4.39 Å². The maximum absolute atomic E-state index is 13.1. The lowest BCUT2D eigenvalue weighted by Gasteiger charge is -2.07. The van der Waals surface area contributed by atoms with Crippen LogP contribution in [0.2, 0.25) is 0 Å². The molecule has 0 radical (unpaired) electrons. The first-order valence-corrected chi connectivity index (χ1v) is 9.43. The number of nitrogen functional groups attached to an aromatic ring is 1. The molecule has 7 nitrogen and oxygen atoms in total. The first-order valence-electron chi connectivity index (χ1n) is 8.55. The van der Waals surface area contributed by atoms with Crippen molar-refractivity contribution >= 4 is 11.8 Å². The summed E-state index contributed by atoms with van der Waals surface area (Å²) in [7, 11) is 0. The predicted octanol–water partition coefficient (Wildman–Crippen LogP) is 4.01. The summed E-state index contributed by atoms with van der Waals surface area (Å²) in [5, 5.41) is 16.8. The second kappa shape index (κ2) is 7.43. The number of rotatable bonds is 5. The molecule has 0 aliphatic rings. The monoisotopic (exact) mass is 396 g/mol. The van der Waals surface area contributed by atoms with E-state index in [9.17, 15) is 4.39 Å². The molecule has 4 aromatic rings. The minimum atomic E-state index is -0.320. The van der Waals surface area contributed by atoms with Gasteiger partial charge in [-0.2, -0.15) is 0 Å². The molecule has 28 heavy (non-hydrogen) atoms. The Kier molecular flexibility index (Phi) is 4.82. The van der Waals surface area contributed by atoms with Crippen molar-refractivity contribution in [2.75, 3.05) is 5.84 Å². The molecule has 2 aromatic heterocycles. The molecule has 0 saturated carbocycles. The lowest BCUT2D eigenvalue weighted by molar-refractivity contribution is 0.508. The minimum absolute atomic E-state index is 0.195. The highest BCUT2D eigenvalue weighted by molar-refractivity contribution is 7.99. The Hall–Kier alpha value is -3.20. The zero-order valence-corrected chi connectivity index (χ0v) is 16.0. The van der Waals surface area contributed by atoms with Crippen LogP contribution in [-0.4, -0.2) is 25.1 Å². The Balaban J connectivity index is 1.52. The molecule has 9 heteroatoms. The van der Waals surface area contributed by atoms with Crippen LogP contribution >= 0.6 is 11.8 Å². The van der Waals surface area contributed by atoms with Gasteiger partial charge < -0.3 is 10.3 Å². The smallest absolute Gasteiger partial charge is 0.247 e. The van der Waals surface area contributed by atoms with E-state index < -0.39 is 0 Å². The van der Waals surface area contributed by atoms with Crippen molar-refractivity contribution in [1.82, 2.24) is 25.1 Å². The summed E-state index contributed by atoms with van der Waals surface area (Å²) in [6, 6.07) is 13.8. The molecule has 142 valence electrons. The van der Waals surface area contributed by atoms with Crippen LogP contribution in [0.25, 0.3) is 22.8 Å². The van der Waals surface area contributed by atoms with Gasteiger partial charge in [-0.25, -0.2) is 9.07 Å². The molecule has 0 aliphatic carbocycles. The zero-order chi connectivity index (χ0) is 19.7. The fourth-order valence-electron chi connectivity index (χ4n) is 2.57. The molecule has 2 N–H and O–H groups in total. The number of nitrogens with zero attached hydrogens (tertiary/aromatic N) is 5. The maximum atomic E-state index is 13.1. The molecule has 0 amide bonds. The first-order chi connectivity index (χ1) is 13.5. The number of hydrogen-bond donors (Lipinski definition) is 1. The first kappa shape index (κ1) is 18.2. The highest BCUT2D eigenvalue weighted by Crippen LogP contribution is 2.34. The highest BCUT2D eigenvalue weighted by Gasteiger charge is 2.20. The molecular formula is C19H17FN6OS. The van der Waals surface area contributed by atoms with E-state index in [0.29, 0.717) is 28.3 Å². The van der Waals surface area contributed by atoms with Crippen LogP contribution in [0.1, 0.15) is 23.6 Å². The Morgan fingerprint density at radius 2 is 1.64 bits per heavy atom. The number of halogens is 1. The van der Waals surface area contributed by atoms with E-state index in [-0.39, 0.29) is 11.1 Å². The van der Waals surface area contributed by atoms with Crippen molar-refractivity contribution in [3.05, 3.63) is 65.8 Å². The summed E-state index contributed by atoms with van der Waals surface area (Å²) < 4.78 is 20.2. The van der Waals surface area contributed by atoms with Crippen LogP contribution in [0.3, 0.4) is 0 Å². The van der Waals surface area contributed by atoms with Gasteiger partial charge in [-0.3, -0.25) is 0 Å². The fraction of sp³-hybridized carbons (Fsp3) is 0.158. The van der Waals surface area contributed by atoms with Crippen LogP contribution in [0.5, 0.6) is 0 Å². The lowest BCUT2D eigenvalue weighted by atomic mass is 10.1. The largest absolute Gasteiger partial charge is 0.419 e. The third-order valence-electron chi connectivity index (χ3n) is 4.14. The minimum Gasteiger partial charge on any atom is -0.419 e. The average Bonchev–Trinajstić information content (AvgIpc) is 3.31. The highest BCUT2D eigenvalue weighted by atomic mass is 32.2. The Bertz CT molecular complexity index is 1090. The molecule has 2 heterocycles. The van der Waals surface area contributed by atoms with Crippen molar-refractivity contribution in [1.29, 1.82) is 0 Å². The zero-order valence-electron chi connectivity index (χ0n) is 15.2. The third-order valence-corrected chi connectivity index (χ3v) is 5.18. The van der Waals surface area contributed by atoms with E-state index in [4.69, 9.17) is 10.3 Å². The van der Waals surface area contributed by atoms with Crippen molar-refractivity contribution in [3.8, 4) is 22.8 Å². The summed E-state index contributed by atoms with van der Waals surface area (Å²) in [5.74, 6) is 7.19. The topological polar surface area (TPSA) is 95.6 Å². The third kappa shape index (κ3) is 3.61. The van der Waals surface area contributed by atoms with Gasteiger partial charge in [-0.05, 0) is 38.1 Å². The SMILES string of the molecule is Cc1ccc(-c2nnc(S[C@H](C)c3nnc(-c4ccc(F)cc4)o3)n2N)cc1. The Morgan fingerprint density at radius 3 is 2.36 bits per heavy atom. The molecule has 0 unspecified atom stereocenters. The number of benzene rings is 2. The van der Waals surface area contributed by atoms with Crippen molar-refractivity contribution in [2.45, 2.75) is 24.3 Å². The summed E-state index contributed by atoms with van der Waals surface area (Å²) in [6.07, 6.45) is 0. The number of nitrogens with two attached hydrogens (primary N) is 1. The van der Waals surface area contributed by atoms with E-state index in [0.717, 1.165) is 11.1 Å². The van der Waals surface area contributed by atoms with Crippen LogP contribution < -0.4 is 5.84 Å². The van der Waals surface area contributed by atoms with Crippen LogP contribution in [-0.2, 0) is 0 Å². The van der Waals surface area contributed by atoms with E-state index in [2.05, 4.69) is 20.4 Å². The van der Waals surface area contributed by atoms with Gasteiger partial charge in [0.25, 0.3) is 0 Å². The van der Waals surface area contributed by atoms with Gasteiger partial charge in [0.05, 0.1) is 5.25 Å². The van der Waals surface area contributed by atoms with E-state index in [1.165, 1.54) is 28.6 Å². The van der Waals surface area contributed by atoms with E-state index >= 15 is 0 Å². The van der Waals surface area contributed by atoms with Gasteiger partial charge in [0.15, 0.2) is 5.82 Å². The van der Waals surface area contributed by atoms with E-state index in [1.807, 2.05) is 38.1 Å². The Labute approximate surface area is 164 Å². The quantitative estimate of drug-likeness (QED) is 0.402. The van der Waals surface area contributed by atoms with Crippen molar-refractivity contribution < 1.29 is 8.81 Å². The molecule has 2 aromatic carbocycles. The summed E-state index contributed by atoms with van der Waals surface area (Å²) >= 11 is 1.36. The van der Waals surface area contributed by atoms with Gasteiger partial charge in [0, 0.05) is 11.1 Å². The Morgan fingerprint density at radius 1 is 0.964 bits per heavy atom. The second-order valence-corrected chi connectivity index (χ2v) is 7.56. The van der Waals surface area contributed by atoms with Crippen molar-refractivity contribution in [2.24, 2.45) is 0 Å². The number of thioether (sulfide) groups is 1.